The van der Waals surface area contributed by atoms with Crippen LogP contribution in [-0.4, -0.2) is 64.9 Å². The molecule has 1 aromatic carbocycles. The molecule has 2 unspecified atom stereocenters. The van der Waals surface area contributed by atoms with E-state index in [1.807, 2.05) is 23.3 Å². The topological polar surface area (TPSA) is 67.0 Å². The van der Waals surface area contributed by atoms with Crippen molar-refractivity contribution in [3.63, 3.8) is 0 Å². The highest BCUT2D eigenvalue weighted by molar-refractivity contribution is 8.04. The Hall–Kier alpha value is -2.65. The lowest BCUT2D eigenvalue weighted by Gasteiger charge is -2.21. The van der Waals surface area contributed by atoms with E-state index in [-0.39, 0.29) is 17.1 Å². The molecule has 33 heavy (non-hydrogen) atoms. The predicted molar refractivity (Wildman–Crippen MR) is 133 cm³/mol. The van der Waals surface area contributed by atoms with Crippen LogP contribution in [0.5, 0.6) is 5.75 Å². The third-order valence-electron chi connectivity index (χ3n) is 6.31. The maximum absolute atomic E-state index is 13.7. The Morgan fingerprint density at radius 3 is 2.91 bits per heavy atom. The number of likely N-dealkylation sites (tertiary alicyclic amines) is 1. The number of thioether (sulfide) groups is 1. The van der Waals surface area contributed by atoms with Gasteiger partial charge in [0.1, 0.15) is 11.6 Å². The second-order valence-corrected chi connectivity index (χ2v) is 9.98. The van der Waals surface area contributed by atoms with Gasteiger partial charge in [0.25, 0.3) is 0 Å². The van der Waals surface area contributed by atoms with E-state index < -0.39 is 0 Å². The zero-order chi connectivity index (χ0) is 22.8. The lowest BCUT2D eigenvalue weighted by atomic mass is 9.95. The molecule has 4 heterocycles. The van der Waals surface area contributed by atoms with Crippen LogP contribution in [0.2, 0.25) is 0 Å². The summed E-state index contributed by atoms with van der Waals surface area (Å²) >= 11 is 1.73. The number of allylic oxidation sites excluding steroid dienone is 1. The molecule has 5 rings (SSSR count). The first-order valence-corrected chi connectivity index (χ1v) is 12.3. The van der Waals surface area contributed by atoms with Gasteiger partial charge >= 0.3 is 0 Å². The summed E-state index contributed by atoms with van der Waals surface area (Å²) < 4.78 is 21.2. The van der Waals surface area contributed by atoms with E-state index in [1.54, 1.807) is 24.9 Å². The molecule has 0 radical (unpaired) electrons. The number of ether oxygens (including phenoxy) is 1. The van der Waals surface area contributed by atoms with E-state index in [9.17, 15) is 4.39 Å². The third-order valence-corrected chi connectivity index (χ3v) is 7.53. The van der Waals surface area contributed by atoms with Crippen LogP contribution in [0, 0.1) is 5.82 Å². The van der Waals surface area contributed by atoms with E-state index >= 15 is 0 Å². The van der Waals surface area contributed by atoms with Crippen LogP contribution >= 0.6 is 11.8 Å². The van der Waals surface area contributed by atoms with Crippen LogP contribution in [0.15, 0.2) is 45.5 Å². The van der Waals surface area contributed by atoms with Crippen molar-refractivity contribution in [3.8, 4) is 5.75 Å². The summed E-state index contributed by atoms with van der Waals surface area (Å²) in [5.41, 5.74) is 2.81. The molecule has 3 aliphatic rings. The second kappa shape index (κ2) is 9.69. The maximum atomic E-state index is 13.7. The number of aromatic nitrogens is 2. The van der Waals surface area contributed by atoms with Crippen LogP contribution in [0.3, 0.4) is 0 Å². The first-order valence-electron chi connectivity index (χ1n) is 11.5. The van der Waals surface area contributed by atoms with Crippen molar-refractivity contribution >= 4 is 35.2 Å². The zero-order valence-corrected chi connectivity index (χ0v) is 19.8. The zero-order valence-electron chi connectivity index (χ0n) is 19.0. The lowest BCUT2D eigenvalue weighted by molar-refractivity contribution is 0.322. The molecule has 3 aliphatic heterocycles. The molecule has 0 spiro atoms. The molecule has 7 nitrogen and oxygen atoms in total. The van der Waals surface area contributed by atoms with E-state index in [0.717, 1.165) is 41.2 Å². The summed E-state index contributed by atoms with van der Waals surface area (Å²) in [6, 6.07) is 4.56. The Kier molecular flexibility index (Phi) is 6.50. The number of anilines is 1. The monoisotopic (exact) mass is 468 g/mol. The van der Waals surface area contributed by atoms with Gasteiger partial charge in [0.15, 0.2) is 0 Å². The normalized spacial score (nSPS) is 22.6. The quantitative estimate of drug-likeness (QED) is 0.657. The van der Waals surface area contributed by atoms with Gasteiger partial charge in [-0.2, -0.15) is 5.10 Å². The van der Waals surface area contributed by atoms with Crippen molar-refractivity contribution in [2.75, 3.05) is 32.1 Å². The van der Waals surface area contributed by atoms with E-state index in [4.69, 9.17) is 9.73 Å². The fraction of sp³-hybridized carbons (Fsp3) is 0.458. The summed E-state index contributed by atoms with van der Waals surface area (Å²) in [7, 11) is 1.56. The standard InChI is InChI=1S/C24H29FN6OS/c1-16-22(19-7-6-17(25)12-20(19)32-2)23-21(33-16)14-26-24(29-23)28-18-13-27-31(15-18)11-5-10-30-8-3-4-9-30/h6-7,12-15,21,23H,3-5,8-11H2,1-2H3,(H,28,29). The van der Waals surface area contributed by atoms with Gasteiger partial charge < -0.3 is 15.0 Å². The highest BCUT2D eigenvalue weighted by Gasteiger charge is 2.37. The van der Waals surface area contributed by atoms with Crippen LogP contribution in [0.1, 0.15) is 31.7 Å². The molecule has 2 atom stereocenters. The Morgan fingerprint density at radius 2 is 2.09 bits per heavy atom. The fourth-order valence-corrected chi connectivity index (χ4v) is 5.92. The Labute approximate surface area is 197 Å². The average molecular weight is 469 g/mol. The molecule has 2 aromatic rings. The highest BCUT2D eigenvalue weighted by atomic mass is 32.2. The molecule has 1 aromatic heterocycles. The van der Waals surface area contributed by atoms with Gasteiger partial charge in [0, 0.05) is 30.6 Å². The number of halogens is 1. The molecule has 0 saturated carbocycles. The van der Waals surface area contributed by atoms with Gasteiger partial charge in [-0.05, 0) is 68.4 Å². The first-order chi connectivity index (χ1) is 16.1. The lowest BCUT2D eigenvalue weighted by Crippen LogP contribution is -2.28. The molecule has 1 saturated heterocycles. The Balaban J connectivity index is 1.27. The summed E-state index contributed by atoms with van der Waals surface area (Å²) in [6.45, 7) is 6.55. The number of hydrogen-bond donors (Lipinski definition) is 1. The minimum Gasteiger partial charge on any atom is -0.496 e. The number of aryl methyl sites for hydroxylation is 1. The van der Waals surface area contributed by atoms with Crippen LogP contribution in [-0.2, 0) is 6.54 Å². The van der Waals surface area contributed by atoms with E-state index in [2.05, 4.69) is 27.2 Å². The smallest absolute Gasteiger partial charge is 0.222 e. The van der Waals surface area contributed by atoms with E-state index in [1.165, 1.54) is 38.1 Å². The fourth-order valence-electron chi connectivity index (χ4n) is 4.71. The van der Waals surface area contributed by atoms with Gasteiger partial charge in [-0.3, -0.25) is 4.68 Å². The van der Waals surface area contributed by atoms with Crippen molar-refractivity contribution < 1.29 is 9.13 Å². The van der Waals surface area contributed by atoms with Crippen molar-refractivity contribution in [2.45, 2.75) is 44.0 Å². The van der Waals surface area contributed by atoms with Crippen molar-refractivity contribution in [3.05, 3.63) is 46.9 Å². The minimum absolute atomic E-state index is 0.107. The average Bonchev–Trinajstić information content (AvgIpc) is 3.55. The molecular formula is C24H29FN6OS. The Morgan fingerprint density at radius 1 is 1.24 bits per heavy atom. The van der Waals surface area contributed by atoms with Crippen molar-refractivity contribution in [1.82, 2.24) is 14.7 Å². The number of aliphatic imine (C=N–C) groups is 2. The minimum atomic E-state index is -0.315. The van der Waals surface area contributed by atoms with E-state index in [0.29, 0.717) is 11.7 Å². The number of benzene rings is 1. The number of nitrogens with zero attached hydrogens (tertiary/aromatic N) is 5. The molecule has 0 bridgehead atoms. The summed E-state index contributed by atoms with van der Waals surface area (Å²) in [4.78, 5) is 13.1. The highest BCUT2D eigenvalue weighted by Crippen LogP contribution is 2.47. The summed E-state index contributed by atoms with van der Waals surface area (Å²) in [5.74, 6) is 0.763. The largest absolute Gasteiger partial charge is 0.496 e. The molecule has 9 heteroatoms. The summed E-state index contributed by atoms with van der Waals surface area (Å²) in [6.07, 6.45) is 9.50. The number of methoxy groups -OCH3 is 1. The van der Waals surface area contributed by atoms with Gasteiger partial charge in [0.05, 0.1) is 30.3 Å². The van der Waals surface area contributed by atoms with Crippen LogP contribution in [0.25, 0.3) is 5.57 Å². The molecule has 174 valence electrons. The molecule has 1 fully saturated rings. The number of rotatable bonds is 7. The van der Waals surface area contributed by atoms with Gasteiger partial charge in [-0.15, -0.1) is 11.8 Å². The van der Waals surface area contributed by atoms with Crippen LogP contribution in [0.4, 0.5) is 10.1 Å². The molecule has 0 aliphatic carbocycles. The number of nitrogens with one attached hydrogen (secondary N) is 1. The number of guanidine groups is 1. The van der Waals surface area contributed by atoms with Gasteiger partial charge in [-0.25, -0.2) is 14.4 Å². The predicted octanol–water partition coefficient (Wildman–Crippen LogP) is 4.28. The maximum Gasteiger partial charge on any atom is 0.222 e. The SMILES string of the molecule is COc1cc(F)ccc1C1=C(C)SC2C=NC(Nc3cnn(CCCN4CCCC4)c3)=NC12. The van der Waals surface area contributed by atoms with Gasteiger partial charge in [-0.1, -0.05) is 0 Å². The number of fused-ring (bicyclic) bond motifs is 1. The third kappa shape index (κ3) is 4.84. The number of hydrogen-bond acceptors (Lipinski definition) is 7. The molecule has 0 amide bonds. The molecular weight excluding hydrogens is 439 g/mol. The van der Waals surface area contributed by atoms with Gasteiger partial charge in [0.2, 0.25) is 5.96 Å². The van der Waals surface area contributed by atoms with Crippen LogP contribution < -0.4 is 10.1 Å². The first kappa shape index (κ1) is 22.2. The summed E-state index contributed by atoms with van der Waals surface area (Å²) in [5, 5.41) is 7.91. The second-order valence-electron chi connectivity index (χ2n) is 8.59. The molecule has 1 N–H and O–H groups in total. The van der Waals surface area contributed by atoms with Crippen molar-refractivity contribution in [2.24, 2.45) is 9.98 Å². The Bertz CT molecular complexity index is 1100. The van der Waals surface area contributed by atoms with Crippen molar-refractivity contribution in [1.29, 1.82) is 0 Å².